The molecule has 5 nitrogen and oxygen atoms in total. The third-order valence-electron chi connectivity index (χ3n) is 3.83. The van der Waals surface area contributed by atoms with Gasteiger partial charge in [-0.15, -0.1) is 0 Å². The second-order valence-electron chi connectivity index (χ2n) is 5.63. The van der Waals surface area contributed by atoms with Crippen LogP contribution in [0.25, 0.3) is 6.08 Å². The van der Waals surface area contributed by atoms with E-state index in [1.54, 1.807) is 6.07 Å². The average molecular weight is 435 g/mol. The summed E-state index contributed by atoms with van der Waals surface area (Å²) < 4.78 is 55.1. The first kappa shape index (κ1) is 20.2. The first-order valence-corrected chi connectivity index (χ1v) is 8.39. The fourth-order valence-corrected chi connectivity index (χ4v) is 2.95. The van der Waals surface area contributed by atoms with E-state index in [0.717, 1.165) is 6.08 Å². The smallest absolute Gasteiger partial charge is 0.430 e. The summed E-state index contributed by atoms with van der Waals surface area (Å²) in [5.74, 6) is -1.49. The number of ether oxygens (including phenoxy) is 3. The lowest BCUT2D eigenvalue weighted by atomic mass is 10.0. The maximum Gasteiger partial charge on any atom is 0.430 e. The standard InChI is InChI=1S/C18H11Cl2F3O5/c1-26-8-2-4-14(12(20)6-8)27-15-9-7-10(17(24)25)16(18(21,22)23)28-13(9)5-3-11(15)19/h2-7,16H,1H3,(H,24,25). The molecule has 0 amide bonds. The number of aliphatic carboxylic acids is 1. The van der Waals surface area contributed by atoms with Crippen LogP contribution < -0.4 is 14.2 Å². The van der Waals surface area contributed by atoms with Crippen molar-refractivity contribution >= 4 is 35.2 Å². The predicted octanol–water partition coefficient (Wildman–Crippen LogP) is 5.59. The van der Waals surface area contributed by atoms with Crippen LogP contribution in [-0.4, -0.2) is 30.5 Å². The number of carboxylic acid groups (broad SMARTS) is 1. The number of benzene rings is 2. The summed E-state index contributed by atoms with van der Waals surface area (Å²) in [5, 5.41) is 9.37. The maximum atomic E-state index is 13.2. The van der Waals surface area contributed by atoms with Gasteiger partial charge in [0.1, 0.15) is 17.2 Å². The van der Waals surface area contributed by atoms with E-state index in [0.29, 0.717) is 5.75 Å². The predicted molar refractivity (Wildman–Crippen MR) is 95.6 cm³/mol. The van der Waals surface area contributed by atoms with Crippen molar-refractivity contribution in [2.45, 2.75) is 12.3 Å². The number of alkyl halides is 3. The summed E-state index contributed by atoms with van der Waals surface area (Å²) in [6.45, 7) is 0. The summed E-state index contributed by atoms with van der Waals surface area (Å²) in [6, 6.07) is 6.98. The highest BCUT2D eigenvalue weighted by atomic mass is 35.5. The van der Waals surface area contributed by atoms with Crippen LogP contribution in [0.5, 0.6) is 23.0 Å². The van der Waals surface area contributed by atoms with E-state index >= 15 is 0 Å². The van der Waals surface area contributed by atoms with Gasteiger partial charge in [0.25, 0.3) is 0 Å². The molecule has 0 radical (unpaired) electrons. The Bertz CT molecular complexity index is 972. The Morgan fingerprint density at radius 2 is 1.89 bits per heavy atom. The van der Waals surface area contributed by atoms with E-state index in [1.807, 2.05) is 0 Å². The Balaban J connectivity index is 2.10. The van der Waals surface area contributed by atoms with E-state index in [2.05, 4.69) is 0 Å². The minimum atomic E-state index is -4.91. The Kier molecular flexibility index (Phi) is 5.36. The summed E-state index contributed by atoms with van der Waals surface area (Å²) in [5.41, 5.74) is -1.04. The molecule has 0 aromatic heterocycles. The number of fused-ring (bicyclic) bond motifs is 1. The molecule has 1 N–H and O–H groups in total. The number of hydrogen-bond acceptors (Lipinski definition) is 4. The Hall–Kier alpha value is -2.58. The zero-order chi connectivity index (χ0) is 20.6. The number of carbonyl (C=O) groups is 1. The number of rotatable bonds is 4. The second-order valence-corrected chi connectivity index (χ2v) is 6.45. The van der Waals surface area contributed by atoms with Crippen molar-refractivity contribution in [1.29, 1.82) is 0 Å². The summed E-state index contributed by atoms with van der Waals surface area (Å²) in [6.07, 6.45) is -6.70. The van der Waals surface area contributed by atoms with Gasteiger partial charge < -0.3 is 19.3 Å². The fraction of sp³-hybridized carbons (Fsp3) is 0.167. The molecule has 0 aliphatic carbocycles. The second kappa shape index (κ2) is 7.44. The first-order chi connectivity index (χ1) is 13.1. The van der Waals surface area contributed by atoms with Gasteiger partial charge in [0.2, 0.25) is 6.10 Å². The van der Waals surface area contributed by atoms with Gasteiger partial charge in [-0.25, -0.2) is 4.79 Å². The van der Waals surface area contributed by atoms with Gasteiger partial charge in [0.05, 0.1) is 28.3 Å². The third-order valence-corrected chi connectivity index (χ3v) is 4.42. The molecular weight excluding hydrogens is 424 g/mol. The van der Waals surface area contributed by atoms with Gasteiger partial charge in [-0.3, -0.25) is 0 Å². The van der Waals surface area contributed by atoms with Crippen molar-refractivity contribution in [2.24, 2.45) is 0 Å². The largest absolute Gasteiger partial charge is 0.497 e. The molecule has 148 valence electrons. The molecule has 2 aromatic carbocycles. The molecule has 0 fully saturated rings. The van der Waals surface area contributed by atoms with Crippen LogP contribution in [0.4, 0.5) is 13.2 Å². The highest BCUT2D eigenvalue weighted by Gasteiger charge is 2.48. The molecule has 1 aliphatic heterocycles. The molecule has 1 unspecified atom stereocenters. The van der Waals surface area contributed by atoms with Crippen LogP contribution >= 0.6 is 23.2 Å². The molecule has 0 spiro atoms. The van der Waals surface area contributed by atoms with E-state index in [-0.39, 0.29) is 32.9 Å². The lowest BCUT2D eigenvalue weighted by Gasteiger charge is -2.28. The highest BCUT2D eigenvalue weighted by molar-refractivity contribution is 6.33. The zero-order valence-electron chi connectivity index (χ0n) is 14.0. The maximum absolute atomic E-state index is 13.2. The Labute approximate surface area is 166 Å². The van der Waals surface area contributed by atoms with Gasteiger partial charge in [-0.05, 0) is 30.3 Å². The average Bonchev–Trinajstić information content (AvgIpc) is 2.63. The van der Waals surface area contributed by atoms with Crippen LogP contribution in [0.3, 0.4) is 0 Å². The van der Waals surface area contributed by atoms with Crippen LogP contribution in [0.2, 0.25) is 10.0 Å². The monoisotopic (exact) mass is 434 g/mol. The van der Waals surface area contributed by atoms with Gasteiger partial charge >= 0.3 is 12.1 Å². The van der Waals surface area contributed by atoms with E-state index < -0.39 is 23.8 Å². The normalized spacial score (nSPS) is 15.9. The van der Waals surface area contributed by atoms with E-state index in [1.165, 1.54) is 31.4 Å². The zero-order valence-corrected chi connectivity index (χ0v) is 15.5. The summed E-state index contributed by atoms with van der Waals surface area (Å²) in [4.78, 5) is 11.3. The quantitative estimate of drug-likeness (QED) is 0.679. The van der Waals surface area contributed by atoms with Crippen molar-refractivity contribution in [3.05, 3.63) is 51.5 Å². The van der Waals surface area contributed by atoms with Crippen molar-refractivity contribution in [3.63, 3.8) is 0 Å². The molecular formula is C18H11Cl2F3O5. The minimum Gasteiger partial charge on any atom is -0.497 e. The van der Waals surface area contributed by atoms with Crippen LogP contribution in [0.15, 0.2) is 35.9 Å². The fourth-order valence-electron chi connectivity index (χ4n) is 2.54. The molecule has 1 atom stereocenters. The molecule has 10 heteroatoms. The number of carboxylic acids is 1. The third kappa shape index (κ3) is 3.83. The molecule has 28 heavy (non-hydrogen) atoms. The lowest BCUT2D eigenvalue weighted by Crippen LogP contribution is -2.40. The Morgan fingerprint density at radius 3 is 2.46 bits per heavy atom. The molecule has 0 bridgehead atoms. The van der Waals surface area contributed by atoms with Crippen LogP contribution in [-0.2, 0) is 4.79 Å². The van der Waals surface area contributed by atoms with Gasteiger partial charge in [-0.2, -0.15) is 13.2 Å². The minimum absolute atomic E-state index is 0.0284. The van der Waals surface area contributed by atoms with Crippen molar-refractivity contribution in [1.82, 2.24) is 0 Å². The van der Waals surface area contributed by atoms with Crippen molar-refractivity contribution < 1.29 is 37.3 Å². The van der Waals surface area contributed by atoms with Crippen LogP contribution in [0, 0.1) is 0 Å². The summed E-state index contributed by atoms with van der Waals surface area (Å²) >= 11 is 12.2. The number of hydrogen-bond donors (Lipinski definition) is 1. The van der Waals surface area contributed by atoms with Gasteiger partial charge in [-0.1, -0.05) is 23.2 Å². The summed E-state index contributed by atoms with van der Waals surface area (Å²) in [7, 11) is 1.45. The highest BCUT2D eigenvalue weighted by Crippen LogP contribution is 2.46. The van der Waals surface area contributed by atoms with Crippen LogP contribution in [0.1, 0.15) is 5.56 Å². The van der Waals surface area contributed by atoms with E-state index in [9.17, 15) is 23.1 Å². The van der Waals surface area contributed by atoms with E-state index in [4.69, 9.17) is 37.4 Å². The topological polar surface area (TPSA) is 65.0 Å². The Morgan fingerprint density at radius 1 is 1.18 bits per heavy atom. The molecule has 1 heterocycles. The molecule has 1 aliphatic rings. The van der Waals surface area contributed by atoms with Gasteiger partial charge in [0.15, 0.2) is 5.75 Å². The lowest BCUT2D eigenvalue weighted by molar-refractivity contribution is -0.187. The van der Waals surface area contributed by atoms with Crippen molar-refractivity contribution in [2.75, 3.05) is 7.11 Å². The first-order valence-electron chi connectivity index (χ1n) is 7.64. The van der Waals surface area contributed by atoms with Gasteiger partial charge in [0, 0.05) is 6.07 Å². The molecule has 0 saturated carbocycles. The SMILES string of the molecule is COc1ccc(Oc2c(Cl)ccc3c2C=C(C(=O)O)C(C(F)(F)F)O3)c(Cl)c1. The van der Waals surface area contributed by atoms with Crippen molar-refractivity contribution in [3.8, 4) is 23.0 Å². The number of halogens is 5. The molecule has 0 saturated heterocycles. The molecule has 3 rings (SSSR count). The number of methoxy groups -OCH3 is 1. The molecule has 2 aromatic rings.